The molecule has 0 aromatic rings. The molecule has 0 unspecified atom stereocenters. The Morgan fingerprint density at radius 1 is 1.05 bits per heavy atom. The fourth-order valence-electron chi connectivity index (χ4n) is 3.31. The van der Waals surface area contributed by atoms with Gasteiger partial charge in [-0.05, 0) is 45.7 Å². The van der Waals surface area contributed by atoms with Crippen LogP contribution in [-0.4, -0.2) is 53.8 Å². The third-order valence-electron chi connectivity index (χ3n) is 4.68. The van der Waals surface area contributed by atoms with Gasteiger partial charge in [0.25, 0.3) is 0 Å². The molecular formula is C15H27N3O2. The fourth-order valence-corrected chi connectivity index (χ4v) is 3.31. The minimum atomic E-state index is -0.273. The molecule has 2 N–H and O–H groups in total. The van der Waals surface area contributed by atoms with Gasteiger partial charge in [0.1, 0.15) is 0 Å². The average molecular weight is 281 g/mol. The van der Waals surface area contributed by atoms with E-state index in [2.05, 4.69) is 4.90 Å². The molecule has 114 valence electrons. The maximum absolute atomic E-state index is 12.6. The maximum Gasteiger partial charge on any atom is 0.239 e. The van der Waals surface area contributed by atoms with E-state index in [1.807, 2.05) is 11.8 Å². The lowest BCUT2D eigenvalue weighted by Gasteiger charge is -2.36. The van der Waals surface area contributed by atoms with E-state index in [0.29, 0.717) is 6.54 Å². The molecule has 0 radical (unpaired) electrons. The first kappa shape index (κ1) is 15.3. The van der Waals surface area contributed by atoms with Crippen LogP contribution in [0.5, 0.6) is 0 Å². The number of piperidine rings is 1. The first-order chi connectivity index (χ1) is 9.59. The van der Waals surface area contributed by atoms with Gasteiger partial charge in [-0.2, -0.15) is 0 Å². The Balaban J connectivity index is 1.93. The van der Waals surface area contributed by atoms with Crippen molar-refractivity contribution in [1.82, 2.24) is 9.80 Å². The fraction of sp³-hybridized carbons (Fsp3) is 0.867. The van der Waals surface area contributed by atoms with Crippen LogP contribution in [0.1, 0.15) is 45.4 Å². The predicted molar refractivity (Wildman–Crippen MR) is 78.0 cm³/mol. The van der Waals surface area contributed by atoms with Crippen molar-refractivity contribution >= 4 is 11.8 Å². The van der Waals surface area contributed by atoms with Crippen LogP contribution in [0.3, 0.4) is 0 Å². The molecule has 2 aliphatic rings. The Labute approximate surface area is 121 Å². The molecule has 0 bridgehead atoms. The lowest BCUT2D eigenvalue weighted by Crippen LogP contribution is -2.51. The van der Waals surface area contributed by atoms with E-state index in [1.54, 1.807) is 0 Å². The smallest absolute Gasteiger partial charge is 0.239 e. The second-order valence-electron chi connectivity index (χ2n) is 6.15. The maximum atomic E-state index is 12.6. The van der Waals surface area contributed by atoms with Crippen LogP contribution < -0.4 is 5.73 Å². The van der Waals surface area contributed by atoms with Gasteiger partial charge in [-0.3, -0.25) is 14.5 Å². The van der Waals surface area contributed by atoms with Gasteiger partial charge < -0.3 is 10.6 Å². The summed E-state index contributed by atoms with van der Waals surface area (Å²) in [6.07, 6.45) is 6.60. The summed E-state index contributed by atoms with van der Waals surface area (Å²) in [6, 6.07) is -0.0697. The molecule has 20 heavy (non-hydrogen) atoms. The van der Waals surface area contributed by atoms with Crippen molar-refractivity contribution in [2.45, 2.75) is 51.5 Å². The Morgan fingerprint density at radius 2 is 1.70 bits per heavy atom. The van der Waals surface area contributed by atoms with E-state index in [0.717, 1.165) is 32.5 Å². The molecule has 5 nitrogen and oxygen atoms in total. The monoisotopic (exact) mass is 281 g/mol. The lowest BCUT2D eigenvalue weighted by atomic mass is 9.97. The highest BCUT2D eigenvalue weighted by molar-refractivity contribution is 5.83. The van der Waals surface area contributed by atoms with E-state index in [4.69, 9.17) is 5.73 Å². The Morgan fingerprint density at radius 3 is 2.30 bits per heavy atom. The van der Waals surface area contributed by atoms with Crippen molar-refractivity contribution in [3.63, 3.8) is 0 Å². The Hall–Kier alpha value is -1.10. The molecule has 0 aromatic heterocycles. The Kier molecular flexibility index (Phi) is 5.40. The minimum absolute atomic E-state index is 0.0697. The van der Waals surface area contributed by atoms with Gasteiger partial charge in [0.2, 0.25) is 11.8 Å². The van der Waals surface area contributed by atoms with Gasteiger partial charge in [0.15, 0.2) is 0 Å². The molecule has 2 aliphatic heterocycles. The number of nitrogens with zero attached hydrogens (tertiary/aromatic N) is 2. The summed E-state index contributed by atoms with van der Waals surface area (Å²) in [5, 5.41) is 0. The summed E-state index contributed by atoms with van der Waals surface area (Å²) in [6.45, 7) is 5.30. The van der Waals surface area contributed by atoms with E-state index in [-0.39, 0.29) is 23.8 Å². The number of hydrogen-bond acceptors (Lipinski definition) is 3. The number of nitrogens with two attached hydrogens (primary N) is 1. The second kappa shape index (κ2) is 7.07. The van der Waals surface area contributed by atoms with Crippen molar-refractivity contribution < 1.29 is 9.59 Å². The van der Waals surface area contributed by atoms with E-state index in [1.165, 1.54) is 25.7 Å². The molecule has 2 rings (SSSR count). The summed E-state index contributed by atoms with van der Waals surface area (Å²) < 4.78 is 0. The summed E-state index contributed by atoms with van der Waals surface area (Å²) in [4.78, 5) is 28.1. The zero-order chi connectivity index (χ0) is 14.5. The zero-order valence-electron chi connectivity index (χ0n) is 12.5. The third-order valence-corrected chi connectivity index (χ3v) is 4.68. The number of primary amides is 1. The second-order valence-corrected chi connectivity index (χ2v) is 6.15. The van der Waals surface area contributed by atoms with Crippen molar-refractivity contribution in [3.05, 3.63) is 0 Å². The highest BCUT2D eigenvalue weighted by Crippen LogP contribution is 2.19. The minimum Gasteiger partial charge on any atom is -0.369 e. The average Bonchev–Trinajstić information content (AvgIpc) is 2.75. The summed E-state index contributed by atoms with van der Waals surface area (Å²) in [7, 11) is 0. The van der Waals surface area contributed by atoms with Crippen LogP contribution in [0, 0.1) is 5.92 Å². The van der Waals surface area contributed by atoms with Crippen LogP contribution in [-0.2, 0) is 9.59 Å². The van der Waals surface area contributed by atoms with Gasteiger partial charge in [-0.1, -0.05) is 12.8 Å². The molecule has 2 heterocycles. The van der Waals surface area contributed by atoms with Crippen LogP contribution >= 0.6 is 0 Å². The van der Waals surface area contributed by atoms with Crippen LogP contribution in [0.25, 0.3) is 0 Å². The van der Waals surface area contributed by atoms with Gasteiger partial charge >= 0.3 is 0 Å². The molecular weight excluding hydrogens is 254 g/mol. The topological polar surface area (TPSA) is 66.6 Å². The zero-order valence-corrected chi connectivity index (χ0v) is 12.5. The normalized spacial score (nSPS) is 26.9. The lowest BCUT2D eigenvalue weighted by molar-refractivity contribution is -0.139. The highest BCUT2D eigenvalue weighted by Gasteiger charge is 2.31. The number of hydrogen-bond donors (Lipinski definition) is 1. The molecule has 2 atom stereocenters. The van der Waals surface area contributed by atoms with Crippen molar-refractivity contribution in [2.75, 3.05) is 26.2 Å². The Bertz CT molecular complexity index is 351. The van der Waals surface area contributed by atoms with Gasteiger partial charge in [-0.15, -0.1) is 0 Å². The molecule has 0 aliphatic carbocycles. The van der Waals surface area contributed by atoms with Crippen LogP contribution in [0.15, 0.2) is 0 Å². The molecule has 2 amide bonds. The standard InChI is InChI=1S/C15H27N3O2/c1-12(17-8-4-2-3-5-9-17)15(20)18-10-6-7-13(11-18)14(16)19/h12-13H,2-11H2,1H3,(H2,16,19)/t12-,13-/m1/s1. The largest absolute Gasteiger partial charge is 0.369 e. The number of carbonyl (C=O) groups excluding carboxylic acids is 2. The molecule has 0 spiro atoms. The van der Waals surface area contributed by atoms with Gasteiger partial charge in [-0.25, -0.2) is 0 Å². The molecule has 2 saturated heterocycles. The number of carbonyl (C=O) groups is 2. The molecule has 2 fully saturated rings. The highest BCUT2D eigenvalue weighted by atomic mass is 16.2. The van der Waals surface area contributed by atoms with Gasteiger partial charge in [0.05, 0.1) is 12.0 Å². The SMILES string of the molecule is C[C@H](C(=O)N1CCC[C@@H](C(N)=O)C1)N1CCCCCC1. The van der Waals surface area contributed by atoms with Crippen molar-refractivity contribution in [2.24, 2.45) is 11.7 Å². The number of likely N-dealkylation sites (tertiary alicyclic amines) is 2. The number of amides is 2. The molecule has 0 saturated carbocycles. The summed E-state index contributed by atoms with van der Waals surface area (Å²) >= 11 is 0. The van der Waals surface area contributed by atoms with Crippen molar-refractivity contribution in [1.29, 1.82) is 0 Å². The summed E-state index contributed by atoms with van der Waals surface area (Å²) in [5.74, 6) is -0.271. The summed E-state index contributed by atoms with van der Waals surface area (Å²) in [5.41, 5.74) is 5.38. The van der Waals surface area contributed by atoms with E-state index >= 15 is 0 Å². The first-order valence-electron chi connectivity index (χ1n) is 7.91. The van der Waals surface area contributed by atoms with E-state index in [9.17, 15) is 9.59 Å². The molecule has 0 aromatic carbocycles. The third kappa shape index (κ3) is 3.72. The quantitative estimate of drug-likeness (QED) is 0.838. The van der Waals surface area contributed by atoms with Crippen molar-refractivity contribution in [3.8, 4) is 0 Å². The molecule has 5 heteroatoms. The first-order valence-corrected chi connectivity index (χ1v) is 7.91. The van der Waals surface area contributed by atoms with E-state index < -0.39 is 0 Å². The number of rotatable bonds is 3. The van der Waals surface area contributed by atoms with Crippen LogP contribution in [0.4, 0.5) is 0 Å². The van der Waals surface area contributed by atoms with Crippen LogP contribution in [0.2, 0.25) is 0 Å². The predicted octanol–water partition coefficient (Wildman–Crippen LogP) is 0.975. The van der Waals surface area contributed by atoms with Gasteiger partial charge in [0, 0.05) is 13.1 Å².